The van der Waals surface area contributed by atoms with Crippen LogP contribution in [0.1, 0.15) is 26.4 Å². The smallest absolute Gasteiger partial charge is 0.337 e. The van der Waals surface area contributed by atoms with Gasteiger partial charge in [0, 0.05) is 22.6 Å². The number of carbonyl (C=O) groups excluding carboxylic acids is 2. The first-order valence-electron chi connectivity index (χ1n) is 8.33. The molecule has 28 heavy (non-hydrogen) atoms. The average molecular weight is 397 g/mol. The van der Waals surface area contributed by atoms with E-state index in [1.165, 1.54) is 19.4 Å². The highest BCUT2D eigenvalue weighted by molar-refractivity contribution is 6.31. The van der Waals surface area contributed by atoms with E-state index in [1.54, 1.807) is 42.5 Å². The molecule has 0 bridgehead atoms. The molecule has 0 fully saturated rings. The van der Waals surface area contributed by atoms with Gasteiger partial charge in [0.25, 0.3) is 5.91 Å². The Labute approximate surface area is 166 Å². The summed E-state index contributed by atoms with van der Waals surface area (Å²) in [7, 11) is 1.31. The maximum Gasteiger partial charge on any atom is 0.337 e. The lowest BCUT2D eigenvalue weighted by Crippen LogP contribution is -2.15. The molecule has 0 spiro atoms. The highest BCUT2D eigenvalue weighted by Gasteiger charge is 2.12. The molecule has 0 aliphatic heterocycles. The summed E-state index contributed by atoms with van der Waals surface area (Å²) >= 11 is 6.08. The highest BCUT2D eigenvalue weighted by atomic mass is 35.5. The van der Waals surface area contributed by atoms with Gasteiger partial charge >= 0.3 is 5.97 Å². The Morgan fingerprint density at radius 3 is 2.68 bits per heavy atom. The summed E-state index contributed by atoms with van der Waals surface area (Å²) in [5, 5.41) is 6.32. The van der Waals surface area contributed by atoms with Crippen molar-refractivity contribution in [3.05, 3.63) is 76.6 Å². The zero-order valence-corrected chi connectivity index (χ0v) is 15.9. The fourth-order valence-electron chi connectivity index (χ4n) is 2.45. The van der Waals surface area contributed by atoms with Crippen molar-refractivity contribution < 1.29 is 14.3 Å². The zero-order valence-electron chi connectivity index (χ0n) is 15.2. The van der Waals surface area contributed by atoms with Crippen LogP contribution in [0.2, 0.25) is 5.02 Å². The molecule has 0 saturated carbocycles. The Kier molecular flexibility index (Phi) is 5.86. The van der Waals surface area contributed by atoms with Crippen molar-refractivity contribution in [1.82, 2.24) is 9.97 Å². The van der Waals surface area contributed by atoms with E-state index >= 15 is 0 Å². The molecule has 3 aromatic rings. The Morgan fingerprint density at radius 1 is 1.11 bits per heavy atom. The summed E-state index contributed by atoms with van der Waals surface area (Å²) < 4.78 is 4.71. The number of methoxy groups -OCH3 is 1. The van der Waals surface area contributed by atoms with Gasteiger partial charge in [0.1, 0.15) is 5.69 Å². The molecule has 0 radical (unpaired) electrons. The van der Waals surface area contributed by atoms with E-state index in [-0.39, 0.29) is 17.5 Å². The third kappa shape index (κ3) is 4.44. The number of amides is 1. The van der Waals surface area contributed by atoms with Crippen LogP contribution in [0.4, 0.5) is 17.3 Å². The van der Waals surface area contributed by atoms with E-state index in [0.717, 1.165) is 5.56 Å². The fraction of sp³-hybridized carbons (Fsp3) is 0.100. The second kappa shape index (κ2) is 8.49. The van der Waals surface area contributed by atoms with Crippen LogP contribution in [0, 0.1) is 6.92 Å². The summed E-state index contributed by atoms with van der Waals surface area (Å²) in [4.78, 5) is 32.5. The summed E-state index contributed by atoms with van der Waals surface area (Å²) in [5.74, 6) is -0.619. The first-order valence-corrected chi connectivity index (χ1v) is 8.70. The van der Waals surface area contributed by atoms with Crippen LogP contribution >= 0.6 is 11.6 Å². The molecule has 3 rings (SSSR count). The first kappa shape index (κ1) is 19.3. The maximum absolute atomic E-state index is 12.5. The molecule has 0 atom stereocenters. The zero-order chi connectivity index (χ0) is 20.1. The highest BCUT2D eigenvalue weighted by Crippen LogP contribution is 2.23. The van der Waals surface area contributed by atoms with Crippen molar-refractivity contribution >= 4 is 40.8 Å². The minimum absolute atomic E-state index is 0.181. The topological polar surface area (TPSA) is 93.2 Å². The maximum atomic E-state index is 12.5. The normalized spacial score (nSPS) is 10.2. The number of rotatable bonds is 5. The lowest BCUT2D eigenvalue weighted by Gasteiger charge is -2.10. The van der Waals surface area contributed by atoms with Crippen molar-refractivity contribution in [3.63, 3.8) is 0 Å². The molecule has 1 heterocycles. The molecule has 2 aromatic carbocycles. The monoisotopic (exact) mass is 396 g/mol. The number of nitrogens with one attached hydrogen (secondary N) is 2. The van der Waals surface area contributed by atoms with Crippen LogP contribution in [-0.4, -0.2) is 29.0 Å². The van der Waals surface area contributed by atoms with E-state index in [0.29, 0.717) is 22.0 Å². The molecule has 0 unspecified atom stereocenters. The number of anilines is 3. The quantitative estimate of drug-likeness (QED) is 0.627. The summed E-state index contributed by atoms with van der Waals surface area (Å²) in [6.45, 7) is 1.82. The molecule has 1 amide bonds. The first-order chi connectivity index (χ1) is 13.5. The van der Waals surface area contributed by atoms with Gasteiger partial charge in [0.15, 0.2) is 0 Å². The summed E-state index contributed by atoms with van der Waals surface area (Å²) in [6, 6.07) is 13.5. The number of benzene rings is 2. The molecule has 1 aromatic heterocycles. The lowest BCUT2D eigenvalue weighted by molar-refractivity contribution is 0.0600. The molecular formula is C20H17ClN4O3. The lowest BCUT2D eigenvalue weighted by atomic mass is 10.2. The third-order valence-corrected chi connectivity index (χ3v) is 4.35. The minimum atomic E-state index is -0.449. The molecule has 0 saturated heterocycles. The summed E-state index contributed by atoms with van der Waals surface area (Å²) in [5.41, 5.74) is 2.53. The van der Waals surface area contributed by atoms with Crippen LogP contribution in [0.5, 0.6) is 0 Å². The molecule has 0 aliphatic rings. The van der Waals surface area contributed by atoms with Crippen molar-refractivity contribution in [2.75, 3.05) is 17.7 Å². The van der Waals surface area contributed by atoms with Gasteiger partial charge in [-0.25, -0.2) is 14.8 Å². The average Bonchev–Trinajstić information content (AvgIpc) is 2.71. The largest absolute Gasteiger partial charge is 0.465 e. The molecular weight excluding hydrogens is 380 g/mol. The van der Waals surface area contributed by atoms with Gasteiger partial charge in [0.05, 0.1) is 12.7 Å². The fourth-order valence-corrected chi connectivity index (χ4v) is 2.62. The molecule has 8 heteroatoms. The van der Waals surface area contributed by atoms with Gasteiger partial charge in [-0.1, -0.05) is 23.7 Å². The predicted octanol–water partition coefficient (Wildman–Crippen LogP) is 4.22. The van der Waals surface area contributed by atoms with E-state index in [2.05, 4.69) is 20.6 Å². The number of ether oxygens (including phenoxy) is 1. The van der Waals surface area contributed by atoms with Gasteiger partial charge in [0.2, 0.25) is 5.95 Å². The number of halogens is 1. The number of nitrogens with zero attached hydrogens (tertiary/aromatic N) is 2. The number of hydrogen-bond acceptors (Lipinski definition) is 6. The molecule has 142 valence electrons. The Morgan fingerprint density at radius 2 is 1.89 bits per heavy atom. The van der Waals surface area contributed by atoms with Crippen molar-refractivity contribution in [2.45, 2.75) is 6.92 Å². The van der Waals surface area contributed by atoms with Gasteiger partial charge in [-0.2, -0.15) is 0 Å². The van der Waals surface area contributed by atoms with Crippen molar-refractivity contribution in [1.29, 1.82) is 0 Å². The van der Waals surface area contributed by atoms with Gasteiger partial charge in [-0.3, -0.25) is 4.79 Å². The number of carbonyl (C=O) groups is 2. The Balaban J connectivity index is 1.78. The Hall–Kier alpha value is -3.45. The Bertz CT molecular complexity index is 1040. The van der Waals surface area contributed by atoms with Gasteiger partial charge in [-0.05, 0) is 48.9 Å². The van der Waals surface area contributed by atoms with Gasteiger partial charge < -0.3 is 15.4 Å². The van der Waals surface area contributed by atoms with E-state index < -0.39 is 5.97 Å². The second-order valence-electron chi connectivity index (χ2n) is 5.83. The van der Waals surface area contributed by atoms with Crippen molar-refractivity contribution in [3.8, 4) is 0 Å². The van der Waals surface area contributed by atoms with Crippen LogP contribution in [0.3, 0.4) is 0 Å². The summed E-state index contributed by atoms with van der Waals surface area (Å²) in [6.07, 6.45) is 1.47. The minimum Gasteiger partial charge on any atom is -0.465 e. The van der Waals surface area contributed by atoms with Crippen LogP contribution in [-0.2, 0) is 4.74 Å². The van der Waals surface area contributed by atoms with Crippen LogP contribution in [0.25, 0.3) is 0 Å². The number of aromatic nitrogens is 2. The van der Waals surface area contributed by atoms with E-state index in [1.807, 2.05) is 6.92 Å². The second-order valence-corrected chi connectivity index (χ2v) is 6.24. The van der Waals surface area contributed by atoms with E-state index in [9.17, 15) is 9.59 Å². The van der Waals surface area contributed by atoms with Crippen LogP contribution in [0.15, 0.2) is 54.7 Å². The number of esters is 1. The predicted molar refractivity (Wildman–Crippen MR) is 107 cm³/mol. The standard InChI is InChI=1S/C20H17ClN4O3/c1-12-15(21)7-4-8-16(12)24-18(26)17-9-10-22-20(25-17)23-14-6-3-5-13(11-14)19(27)28-2/h3-11H,1-2H3,(H,24,26)(H,22,23,25). The van der Waals surface area contributed by atoms with Gasteiger partial charge in [-0.15, -0.1) is 0 Å². The van der Waals surface area contributed by atoms with Crippen LogP contribution < -0.4 is 10.6 Å². The molecule has 0 aliphatic carbocycles. The number of hydrogen-bond donors (Lipinski definition) is 2. The van der Waals surface area contributed by atoms with Crippen molar-refractivity contribution in [2.24, 2.45) is 0 Å². The molecule has 7 nitrogen and oxygen atoms in total. The van der Waals surface area contributed by atoms with E-state index in [4.69, 9.17) is 16.3 Å². The third-order valence-electron chi connectivity index (χ3n) is 3.94. The SMILES string of the molecule is COC(=O)c1cccc(Nc2nccc(C(=O)Nc3cccc(Cl)c3C)n2)c1. The molecule has 2 N–H and O–H groups in total.